The van der Waals surface area contributed by atoms with E-state index >= 15 is 0 Å². The lowest BCUT2D eigenvalue weighted by atomic mass is 10.4. The van der Waals surface area contributed by atoms with Crippen molar-refractivity contribution < 1.29 is 5.11 Å². The van der Waals surface area contributed by atoms with Crippen LogP contribution >= 0.6 is 11.8 Å². The van der Waals surface area contributed by atoms with Crippen molar-refractivity contribution in [1.29, 1.82) is 0 Å². The molecule has 1 aliphatic rings. The molecule has 1 aromatic heterocycles. The number of likely N-dealkylation sites (tertiary alicyclic amines) is 1. The Kier molecular flexibility index (Phi) is 4.55. The summed E-state index contributed by atoms with van der Waals surface area (Å²) in [6.45, 7) is 4.09. The summed E-state index contributed by atoms with van der Waals surface area (Å²) >= 11 is 1.65. The molecule has 1 N–H and O–H groups in total. The number of thioether (sulfide) groups is 1. The van der Waals surface area contributed by atoms with E-state index in [2.05, 4.69) is 20.4 Å². The molecule has 1 aromatic rings. The van der Waals surface area contributed by atoms with Gasteiger partial charge in [0.05, 0.1) is 13.2 Å². The quantitative estimate of drug-likeness (QED) is 0.701. The molecule has 0 radical (unpaired) electrons. The van der Waals surface area contributed by atoms with Gasteiger partial charge in [-0.2, -0.15) is 0 Å². The van der Waals surface area contributed by atoms with Gasteiger partial charge in [-0.3, -0.25) is 0 Å². The van der Waals surface area contributed by atoms with Crippen LogP contribution < -0.4 is 0 Å². The standard InChI is InChI=1S/C9H17N5OS/c15-7-5-14-9(10-11-12-14)16-8-6-13-3-1-2-4-13/h15H,1-8H2. The Morgan fingerprint density at radius 3 is 2.81 bits per heavy atom. The maximum atomic E-state index is 8.83. The van der Waals surface area contributed by atoms with Gasteiger partial charge < -0.3 is 10.0 Å². The van der Waals surface area contributed by atoms with Crippen molar-refractivity contribution in [2.45, 2.75) is 24.5 Å². The number of hydrogen-bond acceptors (Lipinski definition) is 6. The lowest BCUT2D eigenvalue weighted by molar-refractivity contribution is 0.262. The maximum Gasteiger partial charge on any atom is 0.209 e. The van der Waals surface area contributed by atoms with Crippen LogP contribution in [0.1, 0.15) is 12.8 Å². The highest BCUT2D eigenvalue weighted by Crippen LogP contribution is 2.15. The Labute approximate surface area is 99.0 Å². The van der Waals surface area contributed by atoms with E-state index in [1.54, 1.807) is 16.4 Å². The molecule has 0 aromatic carbocycles. The molecule has 0 aliphatic carbocycles. The summed E-state index contributed by atoms with van der Waals surface area (Å²) in [4.78, 5) is 2.47. The number of rotatable bonds is 6. The van der Waals surface area contributed by atoms with E-state index in [0.29, 0.717) is 6.54 Å². The lowest BCUT2D eigenvalue weighted by Crippen LogP contribution is -2.22. The zero-order valence-electron chi connectivity index (χ0n) is 9.25. The molecule has 90 valence electrons. The average molecular weight is 243 g/mol. The molecule has 0 unspecified atom stereocenters. The summed E-state index contributed by atoms with van der Waals surface area (Å²) in [5.41, 5.74) is 0. The Morgan fingerprint density at radius 2 is 2.06 bits per heavy atom. The number of aliphatic hydroxyl groups is 1. The molecule has 7 heteroatoms. The monoisotopic (exact) mass is 243 g/mol. The van der Waals surface area contributed by atoms with Crippen LogP contribution in [0.15, 0.2) is 5.16 Å². The van der Waals surface area contributed by atoms with E-state index < -0.39 is 0 Å². The minimum Gasteiger partial charge on any atom is -0.394 e. The van der Waals surface area contributed by atoms with Crippen LogP contribution in [0.2, 0.25) is 0 Å². The molecule has 2 rings (SSSR count). The number of aliphatic hydroxyl groups excluding tert-OH is 1. The summed E-state index contributed by atoms with van der Waals surface area (Å²) in [6.07, 6.45) is 2.65. The Morgan fingerprint density at radius 1 is 1.25 bits per heavy atom. The number of aromatic nitrogens is 4. The van der Waals surface area contributed by atoms with Crippen LogP contribution in [0.25, 0.3) is 0 Å². The van der Waals surface area contributed by atoms with Gasteiger partial charge in [-0.1, -0.05) is 11.8 Å². The summed E-state index contributed by atoms with van der Waals surface area (Å²) in [7, 11) is 0. The van der Waals surface area contributed by atoms with E-state index in [1.807, 2.05) is 0 Å². The van der Waals surface area contributed by atoms with Crippen molar-refractivity contribution in [3.05, 3.63) is 0 Å². The van der Waals surface area contributed by atoms with Crippen molar-refractivity contribution in [3.63, 3.8) is 0 Å². The largest absolute Gasteiger partial charge is 0.394 e. The van der Waals surface area contributed by atoms with Crippen molar-refractivity contribution in [2.24, 2.45) is 0 Å². The topological polar surface area (TPSA) is 67.1 Å². The van der Waals surface area contributed by atoms with Crippen molar-refractivity contribution in [3.8, 4) is 0 Å². The number of hydrogen-bond donors (Lipinski definition) is 1. The Bertz CT molecular complexity index is 313. The first-order valence-corrected chi connectivity index (χ1v) is 6.61. The fraction of sp³-hybridized carbons (Fsp3) is 0.889. The van der Waals surface area contributed by atoms with E-state index in [1.165, 1.54) is 25.9 Å². The maximum absolute atomic E-state index is 8.83. The van der Waals surface area contributed by atoms with E-state index in [0.717, 1.165) is 17.5 Å². The van der Waals surface area contributed by atoms with Gasteiger partial charge in [-0.05, 0) is 36.4 Å². The second-order valence-electron chi connectivity index (χ2n) is 3.81. The second-order valence-corrected chi connectivity index (χ2v) is 4.87. The van der Waals surface area contributed by atoms with Gasteiger partial charge in [-0.25, -0.2) is 4.68 Å². The van der Waals surface area contributed by atoms with E-state index in [9.17, 15) is 0 Å². The smallest absolute Gasteiger partial charge is 0.209 e. The van der Waals surface area contributed by atoms with Gasteiger partial charge in [0.25, 0.3) is 0 Å². The van der Waals surface area contributed by atoms with Gasteiger partial charge >= 0.3 is 0 Å². The second kappa shape index (κ2) is 6.17. The fourth-order valence-electron chi connectivity index (χ4n) is 1.81. The molecular formula is C9H17N5OS. The first kappa shape index (κ1) is 11.8. The first-order valence-electron chi connectivity index (χ1n) is 5.62. The molecule has 0 atom stereocenters. The van der Waals surface area contributed by atoms with Crippen LogP contribution in [0.4, 0.5) is 0 Å². The molecule has 16 heavy (non-hydrogen) atoms. The van der Waals surface area contributed by atoms with Crippen LogP contribution in [-0.2, 0) is 6.54 Å². The summed E-state index contributed by atoms with van der Waals surface area (Å²) in [5.74, 6) is 1.01. The van der Waals surface area contributed by atoms with Crippen LogP contribution in [0.5, 0.6) is 0 Å². The van der Waals surface area contributed by atoms with Crippen LogP contribution in [-0.4, -0.2) is 62.2 Å². The highest BCUT2D eigenvalue weighted by Gasteiger charge is 2.12. The molecule has 1 aliphatic heterocycles. The molecule has 1 fully saturated rings. The molecule has 6 nitrogen and oxygen atoms in total. The predicted octanol–water partition coefficient (Wildman–Crippen LogP) is -0.147. The SMILES string of the molecule is OCCn1nnnc1SCCN1CCCC1. The summed E-state index contributed by atoms with van der Waals surface area (Å²) < 4.78 is 1.65. The average Bonchev–Trinajstić information content (AvgIpc) is 2.91. The lowest BCUT2D eigenvalue weighted by Gasteiger charge is -2.13. The predicted molar refractivity (Wildman–Crippen MR) is 61.3 cm³/mol. The third-order valence-corrected chi connectivity index (χ3v) is 3.59. The highest BCUT2D eigenvalue weighted by molar-refractivity contribution is 7.99. The van der Waals surface area contributed by atoms with E-state index in [-0.39, 0.29) is 6.61 Å². The molecule has 0 spiro atoms. The number of nitrogens with zero attached hydrogens (tertiary/aromatic N) is 5. The minimum absolute atomic E-state index is 0.0741. The first-order chi connectivity index (χ1) is 7.90. The third kappa shape index (κ3) is 3.16. The molecule has 2 heterocycles. The third-order valence-electron chi connectivity index (χ3n) is 2.65. The van der Waals surface area contributed by atoms with Crippen molar-refractivity contribution in [1.82, 2.24) is 25.1 Å². The van der Waals surface area contributed by atoms with Gasteiger partial charge in [0, 0.05) is 12.3 Å². The van der Waals surface area contributed by atoms with E-state index in [4.69, 9.17) is 5.11 Å². The highest BCUT2D eigenvalue weighted by atomic mass is 32.2. The van der Waals surface area contributed by atoms with Gasteiger partial charge in [0.15, 0.2) is 0 Å². The molecular weight excluding hydrogens is 226 g/mol. The summed E-state index contributed by atoms with van der Waals surface area (Å²) in [5, 5.41) is 21.0. The Balaban J connectivity index is 1.73. The van der Waals surface area contributed by atoms with Crippen molar-refractivity contribution in [2.75, 3.05) is 32.0 Å². The van der Waals surface area contributed by atoms with Gasteiger partial charge in [-0.15, -0.1) is 5.10 Å². The zero-order chi connectivity index (χ0) is 11.2. The summed E-state index contributed by atoms with van der Waals surface area (Å²) in [6, 6.07) is 0. The van der Waals surface area contributed by atoms with Crippen molar-refractivity contribution >= 4 is 11.8 Å². The molecule has 0 amide bonds. The number of tetrazole rings is 1. The van der Waals surface area contributed by atoms with Crippen LogP contribution in [0.3, 0.4) is 0 Å². The molecule has 1 saturated heterocycles. The minimum atomic E-state index is 0.0741. The zero-order valence-corrected chi connectivity index (χ0v) is 10.1. The molecule has 0 bridgehead atoms. The van der Waals surface area contributed by atoms with Gasteiger partial charge in [0.2, 0.25) is 5.16 Å². The Hall–Kier alpha value is -0.660. The van der Waals surface area contributed by atoms with Gasteiger partial charge in [0.1, 0.15) is 0 Å². The fourth-order valence-corrected chi connectivity index (χ4v) is 2.71. The normalized spacial score (nSPS) is 17.1. The molecule has 0 saturated carbocycles. The van der Waals surface area contributed by atoms with Crippen LogP contribution in [0, 0.1) is 0 Å².